The number of nitrogens with one attached hydrogen (secondary N) is 2. The molecule has 0 bridgehead atoms. The van der Waals surface area contributed by atoms with Gasteiger partial charge in [0.05, 0.1) is 29.2 Å². The molecule has 4 unspecified atom stereocenters. The van der Waals surface area contributed by atoms with Crippen molar-refractivity contribution in [3.05, 3.63) is 32.7 Å². The summed E-state index contributed by atoms with van der Waals surface area (Å²) in [7, 11) is 0. The highest BCUT2D eigenvalue weighted by molar-refractivity contribution is 9.10. The van der Waals surface area contributed by atoms with Crippen LogP contribution < -0.4 is 5.69 Å². The van der Waals surface area contributed by atoms with Crippen LogP contribution in [0.15, 0.2) is 21.4 Å². The lowest BCUT2D eigenvalue weighted by Crippen LogP contribution is -2.27. The van der Waals surface area contributed by atoms with E-state index in [0.717, 1.165) is 0 Å². The first kappa shape index (κ1) is 14.5. The van der Waals surface area contributed by atoms with Crippen LogP contribution in [0.25, 0.3) is 11.0 Å². The summed E-state index contributed by atoms with van der Waals surface area (Å²) in [5, 5.41) is 0. The average molecular weight is 353 g/mol. The summed E-state index contributed by atoms with van der Waals surface area (Å²) in [6.45, 7) is 5.98. The van der Waals surface area contributed by atoms with Crippen LogP contribution in [0.3, 0.4) is 0 Å². The standard InChI is InChI=1S/C15H17BrN2O3/c1-6-7(2)21-8(3)13(6)14(19)9-4-11-12(5-10(9)16)18-15(20)17-11/h4-8,13H,1-3H3,(H2,17,18,20). The van der Waals surface area contributed by atoms with Gasteiger partial charge in [-0.25, -0.2) is 4.79 Å². The van der Waals surface area contributed by atoms with E-state index in [1.165, 1.54) is 0 Å². The number of H-pyrrole nitrogens is 2. The number of fused-ring (bicyclic) bond motifs is 1. The number of rotatable bonds is 2. The molecule has 1 aliphatic heterocycles. The number of Topliss-reactive ketones (excluding diaryl/α,β-unsaturated/α-hetero) is 1. The van der Waals surface area contributed by atoms with Crippen LogP contribution in [-0.2, 0) is 4.74 Å². The van der Waals surface area contributed by atoms with Crippen LogP contribution in [-0.4, -0.2) is 28.0 Å². The average Bonchev–Trinajstić information content (AvgIpc) is 2.87. The Kier molecular flexibility index (Phi) is 3.53. The highest BCUT2D eigenvalue weighted by atomic mass is 79.9. The zero-order valence-corrected chi connectivity index (χ0v) is 13.7. The summed E-state index contributed by atoms with van der Waals surface area (Å²) in [5.74, 6) is 0.0509. The monoisotopic (exact) mass is 352 g/mol. The lowest BCUT2D eigenvalue weighted by molar-refractivity contribution is 0.0491. The number of hydrogen-bond donors (Lipinski definition) is 2. The third kappa shape index (κ3) is 2.36. The van der Waals surface area contributed by atoms with E-state index in [0.29, 0.717) is 21.1 Å². The van der Waals surface area contributed by atoms with Crippen LogP contribution in [0.5, 0.6) is 0 Å². The van der Waals surface area contributed by atoms with Crippen LogP contribution in [0.1, 0.15) is 31.1 Å². The van der Waals surface area contributed by atoms with Gasteiger partial charge in [-0.3, -0.25) is 4.79 Å². The van der Waals surface area contributed by atoms with Crippen molar-refractivity contribution >= 4 is 32.7 Å². The minimum atomic E-state index is -0.277. The predicted molar refractivity (Wildman–Crippen MR) is 83.6 cm³/mol. The van der Waals surface area contributed by atoms with Crippen molar-refractivity contribution in [2.45, 2.75) is 33.0 Å². The van der Waals surface area contributed by atoms with Gasteiger partial charge in [-0.15, -0.1) is 0 Å². The van der Waals surface area contributed by atoms with Gasteiger partial charge >= 0.3 is 5.69 Å². The first-order chi connectivity index (χ1) is 9.88. The number of carbonyl (C=O) groups excluding carboxylic acids is 1. The van der Waals surface area contributed by atoms with Gasteiger partial charge in [-0.05, 0) is 47.8 Å². The summed E-state index contributed by atoms with van der Waals surface area (Å²) in [5.41, 5.74) is 1.62. The molecule has 0 saturated carbocycles. The molecule has 2 N–H and O–H groups in total. The van der Waals surface area contributed by atoms with Crippen molar-refractivity contribution in [3.8, 4) is 0 Å². The molecule has 0 amide bonds. The number of imidazole rings is 1. The largest absolute Gasteiger partial charge is 0.374 e. The molecular weight excluding hydrogens is 336 g/mol. The van der Waals surface area contributed by atoms with Crippen LogP contribution in [0.2, 0.25) is 0 Å². The summed E-state index contributed by atoms with van der Waals surface area (Å²) in [4.78, 5) is 29.6. The molecule has 5 nitrogen and oxygen atoms in total. The fourth-order valence-corrected chi connectivity index (χ4v) is 3.68. The number of benzene rings is 1. The lowest BCUT2D eigenvalue weighted by Gasteiger charge is -2.18. The molecule has 1 fully saturated rings. The van der Waals surface area contributed by atoms with Gasteiger partial charge in [0.25, 0.3) is 0 Å². The minimum absolute atomic E-state index is 0.0511. The number of carbonyl (C=O) groups is 1. The molecule has 112 valence electrons. The number of aromatic amines is 2. The number of hydrogen-bond acceptors (Lipinski definition) is 3. The second-order valence-corrected chi connectivity index (χ2v) is 6.61. The van der Waals surface area contributed by atoms with E-state index in [2.05, 4.69) is 25.9 Å². The number of ketones is 1. The number of halogens is 1. The summed E-state index contributed by atoms with van der Waals surface area (Å²) >= 11 is 3.43. The van der Waals surface area contributed by atoms with E-state index in [9.17, 15) is 9.59 Å². The maximum Gasteiger partial charge on any atom is 0.323 e. The quantitative estimate of drug-likeness (QED) is 0.816. The Hall–Kier alpha value is -1.40. The van der Waals surface area contributed by atoms with E-state index in [1.807, 2.05) is 20.8 Å². The van der Waals surface area contributed by atoms with Gasteiger partial charge in [-0.1, -0.05) is 6.92 Å². The lowest BCUT2D eigenvalue weighted by atomic mass is 9.83. The van der Waals surface area contributed by atoms with Gasteiger partial charge in [0.1, 0.15) is 0 Å². The molecular formula is C15H17BrN2O3. The molecule has 1 aliphatic rings. The maximum absolute atomic E-state index is 12.9. The van der Waals surface area contributed by atoms with E-state index in [1.54, 1.807) is 12.1 Å². The van der Waals surface area contributed by atoms with E-state index < -0.39 is 0 Å². The Bertz CT molecular complexity index is 764. The molecule has 2 heterocycles. The summed E-state index contributed by atoms with van der Waals surface area (Å²) in [6.07, 6.45) is -0.0288. The zero-order chi connectivity index (χ0) is 15.3. The Balaban J connectivity index is 2.05. The first-order valence-corrected chi connectivity index (χ1v) is 7.79. The Morgan fingerprint density at radius 2 is 1.76 bits per heavy atom. The van der Waals surface area contributed by atoms with E-state index >= 15 is 0 Å². The topological polar surface area (TPSA) is 75.0 Å². The Labute approximate surface area is 130 Å². The van der Waals surface area contributed by atoms with Gasteiger partial charge in [-0.2, -0.15) is 0 Å². The Morgan fingerprint density at radius 3 is 2.33 bits per heavy atom. The fraction of sp³-hybridized carbons (Fsp3) is 0.467. The molecule has 0 radical (unpaired) electrons. The Morgan fingerprint density at radius 1 is 1.14 bits per heavy atom. The highest BCUT2D eigenvalue weighted by Gasteiger charge is 2.42. The SMILES string of the molecule is CC1OC(C)C(C(=O)c2cc3[nH]c(=O)[nH]c3cc2Br)C1C. The maximum atomic E-state index is 12.9. The minimum Gasteiger partial charge on any atom is -0.374 e. The normalized spacial score (nSPS) is 29.1. The van der Waals surface area contributed by atoms with Crippen molar-refractivity contribution in [3.63, 3.8) is 0 Å². The van der Waals surface area contributed by atoms with Crippen LogP contribution in [0.4, 0.5) is 0 Å². The van der Waals surface area contributed by atoms with Crippen molar-refractivity contribution in [1.29, 1.82) is 0 Å². The molecule has 3 rings (SSSR count). The molecule has 4 atom stereocenters. The third-order valence-electron chi connectivity index (χ3n) is 4.41. The molecule has 1 saturated heterocycles. The van der Waals surface area contributed by atoms with Crippen molar-refractivity contribution in [1.82, 2.24) is 9.97 Å². The molecule has 0 aliphatic carbocycles. The molecule has 2 aromatic rings. The summed E-state index contributed by atoms with van der Waals surface area (Å²) < 4.78 is 6.45. The third-order valence-corrected chi connectivity index (χ3v) is 5.07. The smallest absolute Gasteiger partial charge is 0.323 e. The predicted octanol–water partition coefficient (Wildman–Crippen LogP) is 2.86. The molecule has 0 spiro atoms. The van der Waals surface area contributed by atoms with E-state index in [4.69, 9.17) is 4.74 Å². The van der Waals surface area contributed by atoms with Crippen molar-refractivity contribution < 1.29 is 9.53 Å². The molecule has 21 heavy (non-hydrogen) atoms. The second kappa shape index (κ2) is 5.10. The fourth-order valence-electron chi connectivity index (χ4n) is 3.14. The van der Waals surface area contributed by atoms with Gasteiger partial charge in [0, 0.05) is 10.0 Å². The van der Waals surface area contributed by atoms with E-state index in [-0.39, 0.29) is 35.5 Å². The first-order valence-electron chi connectivity index (χ1n) is 6.99. The van der Waals surface area contributed by atoms with Crippen molar-refractivity contribution in [2.24, 2.45) is 11.8 Å². The second-order valence-electron chi connectivity index (χ2n) is 5.75. The van der Waals surface area contributed by atoms with Gasteiger partial charge < -0.3 is 14.7 Å². The van der Waals surface area contributed by atoms with Gasteiger partial charge in [0.2, 0.25) is 0 Å². The highest BCUT2D eigenvalue weighted by Crippen LogP contribution is 2.36. The number of aromatic nitrogens is 2. The molecule has 1 aromatic carbocycles. The van der Waals surface area contributed by atoms with Gasteiger partial charge in [0.15, 0.2) is 5.78 Å². The number of ether oxygens (including phenoxy) is 1. The van der Waals surface area contributed by atoms with Crippen LogP contribution in [0, 0.1) is 11.8 Å². The molecule has 1 aromatic heterocycles. The summed E-state index contributed by atoms with van der Waals surface area (Å²) in [6, 6.07) is 3.48. The zero-order valence-electron chi connectivity index (χ0n) is 12.1. The molecule has 6 heteroatoms. The van der Waals surface area contributed by atoms with Crippen molar-refractivity contribution in [2.75, 3.05) is 0 Å². The van der Waals surface area contributed by atoms with Crippen LogP contribution >= 0.6 is 15.9 Å².